The molecule has 2 aromatic carbocycles. The smallest absolute Gasteiger partial charge is 0.185 e. The predicted octanol–water partition coefficient (Wildman–Crippen LogP) is 4.24. The van der Waals surface area contributed by atoms with Crippen LogP contribution >= 0.6 is 0 Å². The zero-order valence-electron chi connectivity index (χ0n) is 11.2. The number of hydrogen-bond acceptors (Lipinski definition) is 2. The molecule has 0 aliphatic heterocycles. The lowest BCUT2D eigenvalue weighted by atomic mass is 10.0. The Kier molecular flexibility index (Phi) is 4.51. The monoisotopic (exact) mass is 264 g/mol. The number of ether oxygens (including phenoxy) is 1. The Labute approximate surface area is 119 Å². The van der Waals surface area contributed by atoms with Crippen molar-refractivity contribution in [2.24, 2.45) is 0 Å². The molecule has 0 fully saturated rings. The summed E-state index contributed by atoms with van der Waals surface area (Å²) < 4.78 is 5.67. The molecule has 0 aromatic heterocycles. The van der Waals surface area contributed by atoms with Crippen LogP contribution in [0.25, 0.3) is 5.76 Å². The van der Waals surface area contributed by atoms with E-state index in [2.05, 4.69) is 13.2 Å². The van der Waals surface area contributed by atoms with Gasteiger partial charge in [0, 0.05) is 11.1 Å². The fourth-order valence-corrected chi connectivity index (χ4v) is 1.87. The highest BCUT2D eigenvalue weighted by molar-refractivity contribution is 6.07. The third kappa shape index (κ3) is 3.23. The van der Waals surface area contributed by atoms with Crippen LogP contribution in [0.3, 0.4) is 0 Å². The summed E-state index contributed by atoms with van der Waals surface area (Å²) in [6.45, 7) is 7.85. The van der Waals surface area contributed by atoms with Gasteiger partial charge in [-0.2, -0.15) is 0 Å². The summed E-state index contributed by atoms with van der Waals surface area (Å²) in [5.74, 6) is 0.352. The first-order valence-corrected chi connectivity index (χ1v) is 6.34. The van der Waals surface area contributed by atoms with Gasteiger partial charge in [-0.25, -0.2) is 0 Å². The van der Waals surface area contributed by atoms with Crippen molar-refractivity contribution in [1.82, 2.24) is 0 Å². The van der Waals surface area contributed by atoms with E-state index < -0.39 is 0 Å². The second-order valence-corrected chi connectivity index (χ2v) is 4.31. The summed E-state index contributed by atoms with van der Waals surface area (Å²) in [6.07, 6.45) is 1.29. The van der Waals surface area contributed by atoms with E-state index in [1.165, 1.54) is 6.08 Å². The molecule has 0 aliphatic rings. The molecular formula is C18H16O2. The van der Waals surface area contributed by atoms with Gasteiger partial charge in [0.25, 0.3) is 0 Å². The predicted molar refractivity (Wildman–Crippen MR) is 81.2 cm³/mol. The Bertz CT molecular complexity index is 627. The molecule has 0 heterocycles. The standard InChI is InChI=1S/C18H16O2/c1-3-18(19)17-12-8-7-11-16(17)14(2)20-13-15-9-5-4-6-10-15/h3-12H,1-2,13H2. The molecule has 0 unspecified atom stereocenters. The fourth-order valence-electron chi connectivity index (χ4n) is 1.87. The van der Waals surface area contributed by atoms with Gasteiger partial charge >= 0.3 is 0 Å². The van der Waals surface area contributed by atoms with Crippen LogP contribution in [0.1, 0.15) is 21.5 Å². The maximum Gasteiger partial charge on any atom is 0.185 e. The number of hydrogen-bond donors (Lipinski definition) is 0. The van der Waals surface area contributed by atoms with E-state index >= 15 is 0 Å². The Morgan fingerprint density at radius 3 is 2.25 bits per heavy atom. The molecule has 20 heavy (non-hydrogen) atoms. The molecule has 0 amide bonds. The van der Waals surface area contributed by atoms with Crippen LogP contribution in [0, 0.1) is 0 Å². The molecule has 2 rings (SSSR count). The summed E-state index contributed by atoms with van der Waals surface area (Å²) in [4.78, 5) is 11.8. The molecule has 0 saturated heterocycles. The lowest BCUT2D eigenvalue weighted by Gasteiger charge is -2.12. The molecule has 0 bridgehead atoms. The molecule has 0 aliphatic carbocycles. The molecule has 0 spiro atoms. The van der Waals surface area contributed by atoms with Gasteiger partial charge in [0.15, 0.2) is 5.78 Å². The maximum absolute atomic E-state index is 11.8. The Morgan fingerprint density at radius 1 is 1.00 bits per heavy atom. The molecule has 2 heteroatoms. The minimum Gasteiger partial charge on any atom is -0.489 e. The second-order valence-electron chi connectivity index (χ2n) is 4.31. The highest BCUT2D eigenvalue weighted by Crippen LogP contribution is 2.21. The van der Waals surface area contributed by atoms with Crippen LogP contribution < -0.4 is 0 Å². The molecule has 0 saturated carbocycles. The van der Waals surface area contributed by atoms with E-state index in [4.69, 9.17) is 4.74 Å². The number of rotatable bonds is 6. The number of carbonyl (C=O) groups is 1. The van der Waals surface area contributed by atoms with Crippen molar-refractivity contribution < 1.29 is 9.53 Å². The van der Waals surface area contributed by atoms with Crippen LogP contribution in [-0.2, 0) is 11.3 Å². The summed E-state index contributed by atoms with van der Waals surface area (Å²) >= 11 is 0. The number of allylic oxidation sites excluding steroid dienone is 1. The summed E-state index contributed by atoms with van der Waals surface area (Å²) in [7, 11) is 0. The van der Waals surface area contributed by atoms with Gasteiger partial charge in [-0.3, -0.25) is 4.79 Å². The van der Waals surface area contributed by atoms with Crippen LogP contribution in [0.5, 0.6) is 0 Å². The van der Waals surface area contributed by atoms with Crippen LogP contribution in [0.15, 0.2) is 73.8 Å². The first-order valence-electron chi connectivity index (χ1n) is 6.34. The Morgan fingerprint density at radius 2 is 1.60 bits per heavy atom. The normalized spacial score (nSPS) is 9.80. The maximum atomic E-state index is 11.8. The lowest BCUT2D eigenvalue weighted by Crippen LogP contribution is -2.01. The largest absolute Gasteiger partial charge is 0.489 e. The summed E-state index contributed by atoms with van der Waals surface area (Å²) in [5, 5.41) is 0. The van der Waals surface area contributed by atoms with E-state index in [9.17, 15) is 4.79 Å². The first kappa shape index (κ1) is 13.8. The zero-order chi connectivity index (χ0) is 14.4. The van der Waals surface area contributed by atoms with Gasteiger partial charge in [-0.1, -0.05) is 67.8 Å². The number of benzene rings is 2. The van der Waals surface area contributed by atoms with Gasteiger partial charge < -0.3 is 4.74 Å². The molecule has 0 radical (unpaired) electrons. The SMILES string of the molecule is C=CC(=O)c1ccccc1C(=C)OCc1ccccc1. The minimum atomic E-state index is -0.134. The third-order valence-electron chi connectivity index (χ3n) is 2.93. The molecule has 0 N–H and O–H groups in total. The van der Waals surface area contributed by atoms with E-state index in [1.54, 1.807) is 6.07 Å². The fraction of sp³-hybridized carbons (Fsp3) is 0.0556. The molecule has 2 nitrogen and oxygen atoms in total. The van der Waals surface area contributed by atoms with Gasteiger partial charge in [0.2, 0.25) is 0 Å². The van der Waals surface area contributed by atoms with Gasteiger partial charge in [0.05, 0.1) is 0 Å². The minimum absolute atomic E-state index is 0.134. The molecule has 100 valence electrons. The number of ketones is 1. The van der Waals surface area contributed by atoms with Crippen LogP contribution in [0.2, 0.25) is 0 Å². The quantitative estimate of drug-likeness (QED) is 0.443. The van der Waals surface area contributed by atoms with Crippen molar-refractivity contribution in [2.75, 3.05) is 0 Å². The van der Waals surface area contributed by atoms with Crippen molar-refractivity contribution >= 4 is 11.5 Å². The van der Waals surface area contributed by atoms with Gasteiger partial charge in [-0.05, 0) is 11.6 Å². The molecule has 0 atom stereocenters. The topological polar surface area (TPSA) is 26.3 Å². The van der Waals surface area contributed by atoms with E-state index in [0.717, 1.165) is 5.56 Å². The Hall–Kier alpha value is -2.61. The second kappa shape index (κ2) is 6.53. The van der Waals surface area contributed by atoms with Crippen molar-refractivity contribution in [3.05, 3.63) is 90.5 Å². The summed E-state index contributed by atoms with van der Waals surface area (Å²) in [5.41, 5.74) is 2.31. The third-order valence-corrected chi connectivity index (χ3v) is 2.93. The highest BCUT2D eigenvalue weighted by atomic mass is 16.5. The molecular weight excluding hydrogens is 248 g/mol. The van der Waals surface area contributed by atoms with Crippen molar-refractivity contribution in [3.8, 4) is 0 Å². The average molecular weight is 264 g/mol. The average Bonchev–Trinajstić information content (AvgIpc) is 2.52. The molecule has 2 aromatic rings. The number of carbonyl (C=O) groups excluding carboxylic acids is 1. The summed E-state index contributed by atoms with van der Waals surface area (Å²) in [6, 6.07) is 17.1. The van der Waals surface area contributed by atoms with Gasteiger partial charge in [-0.15, -0.1) is 0 Å². The van der Waals surface area contributed by atoms with E-state index in [-0.39, 0.29) is 5.78 Å². The van der Waals surface area contributed by atoms with Gasteiger partial charge in [0.1, 0.15) is 12.4 Å². The van der Waals surface area contributed by atoms with Crippen molar-refractivity contribution in [1.29, 1.82) is 0 Å². The van der Waals surface area contributed by atoms with E-state index in [1.807, 2.05) is 48.5 Å². The van der Waals surface area contributed by atoms with Crippen LogP contribution in [0.4, 0.5) is 0 Å². The van der Waals surface area contributed by atoms with Crippen LogP contribution in [-0.4, -0.2) is 5.78 Å². The van der Waals surface area contributed by atoms with Crippen molar-refractivity contribution in [2.45, 2.75) is 6.61 Å². The zero-order valence-corrected chi connectivity index (χ0v) is 11.2. The van der Waals surface area contributed by atoms with Crippen molar-refractivity contribution in [3.63, 3.8) is 0 Å². The first-order chi connectivity index (χ1) is 9.72. The van der Waals surface area contributed by atoms with E-state index in [0.29, 0.717) is 23.5 Å². The highest BCUT2D eigenvalue weighted by Gasteiger charge is 2.11. The lowest BCUT2D eigenvalue weighted by molar-refractivity contribution is 0.104. The Balaban J connectivity index is 2.13.